The molecule has 0 radical (unpaired) electrons. The minimum atomic E-state index is -1.01. The molecule has 4 unspecified atom stereocenters. The van der Waals surface area contributed by atoms with Gasteiger partial charge in [-0.25, -0.2) is 4.39 Å². The Morgan fingerprint density at radius 1 is 1.06 bits per heavy atom. The van der Waals surface area contributed by atoms with Gasteiger partial charge in [0.2, 0.25) is 0 Å². The molecular weight excluding hydrogens is 227 g/mol. The predicted octanol–water partition coefficient (Wildman–Crippen LogP) is 3.67. The third-order valence-corrected chi connectivity index (χ3v) is 4.85. The summed E-state index contributed by atoms with van der Waals surface area (Å²) in [4.78, 5) is 0. The summed E-state index contributed by atoms with van der Waals surface area (Å²) in [5, 5.41) is 8.82. The minimum absolute atomic E-state index is 0.0917. The lowest BCUT2D eigenvalue weighted by molar-refractivity contribution is 0.0419. The normalized spacial score (nSPS) is 42.2. The van der Waals surface area contributed by atoms with Gasteiger partial charge in [0.1, 0.15) is 6.17 Å². The van der Waals surface area contributed by atoms with Crippen LogP contribution in [0.3, 0.4) is 0 Å². The number of aliphatic hydroxyl groups is 1. The molecule has 2 rings (SSSR count). The lowest BCUT2D eigenvalue weighted by Gasteiger charge is -2.36. The van der Waals surface area contributed by atoms with Crippen molar-refractivity contribution in [3.63, 3.8) is 0 Å². The van der Waals surface area contributed by atoms with Crippen molar-refractivity contribution in [3.8, 4) is 0 Å². The Bertz CT molecular complexity index is 218. The Labute approximate surface area is 102 Å². The quantitative estimate of drug-likeness (QED) is 0.740. The Kier molecular flexibility index (Phi) is 4.48. The van der Waals surface area contributed by atoms with Crippen molar-refractivity contribution in [2.24, 2.45) is 11.8 Å². The van der Waals surface area contributed by atoms with E-state index in [4.69, 9.17) is 11.6 Å². The van der Waals surface area contributed by atoms with Crippen molar-refractivity contribution in [2.45, 2.75) is 69.0 Å². The second kappa shape index (κ2) is 5.68. The highest BCUT2D eigenvalue weighted by molar-refractivity contribution is 6.21. The van der Waals surface area contributed by atoms with Gasteiger partial charge in [0.15, 0.2) is 0 Å². The summed E-state index contributed by atoms with van der Waals surface area (Å²) < 4.78 is 14.0. The van der Waals surface area contributed by atoms with Crippen LogP contribution in [-0.2, 0) is 0 Å². The summed E-state index contributed by atoms with van der Waals surface area (Å²) in [7, 11) is 0. The smallest absolute Gasteiger partial charge is 0.122 e. The van der Waals surface area contributed by atoms with E-state index in [1.165, 1.54) is 32.1 Å². The predicted molar refractivity (Wildman–Crippen MR) is 64.5 cm³/mol. The molecule has 4 atom stereocenters. The van der Waals surface area contributed by atoms with E-state index >= 15 is 0 Å². The van der Waals surface area contributed by atoms with Gasteiger partial charge in [-0.1, -0.05) is 32.1 Å². The lowest BCUT2D eigenvalue weighted by atomic mass is 9.76. The average molecular weight is 249 g/mol. The fraction of sp³-hybridized carbons (Fsp3) is 1.00. The molecule has 0 aromatic rings. The fourth-order valence-electron chi connectivity index (χ4n) is 3.27. The van der Waals surface area contributed by atoms with Crippen LogP contribution in [0.1, 0.15) is 51.4 Å². The zero-order valence-corrected chi connectivity index (χ0v) is 10.5. The molecule has 1 N–H and O–H groups in total. The molecule has 0 aliphatic heterocycles. The van der Waals surface area contributed by atoms with Gasteiger partial charge in [-0.2, -0.15) is 0 Å². The molecule has 0 amide bonds. The van der Waals surface area contributed by atoms with Crippen LogP contribution >= 0.6 is 11.6 Å². The van der Waals surface area contributed by atoms with Crippen LogP contribution in [-0.4, -0.2) is 22.8 Å². The van der Waals surface area contributed by atoms with Crippen LogP contribution < -0.4 is 0 Å². The maximum Gasteiger partial charge on any atom is 0.122 e. The Morgan fingerprint density at radius 3 is 2.44 bits per heavy atom. The van der Waals surface area contributed by atoms with Crippen molar-refractivity contribution in [1.29, 1.82) is 0 Å². The number of hydrogen-bond donors (Lipinski definition) is 1. The largest absolute Gasteiger partial charge is 0.391 e. The topological polar surface area (TPSA) is 20.2 Å². The Balaban J connectivity index is 1.84. The van der Waals surface area contributed by atoms with Gasteiger partial charge in [0.25, 0.3) is 0 Å². The molecule has 2 fully saturated rings. The van der Waals surface area contributed by atoms with Crippen LogP contribution in [0.25, 0.3) is 0 Å². The van der Waals surface area contributed by atoms with Gasteiger partial charge in [-0.3, -0.25) is 0 Å². The van der Waals surface area contributed by atoms with Gasteiger partial charge in [-0.15, -0.1) is 11.6 Å². The number of halogens is 2. The van der Waals surface area contributed by atoms with Crippen molar-refractivity contribution in [2.75, 3.05) is 0 Å². The zero-order chi connectivity index (χ0) is 11.5. The van der Waals surface area contributed by atoms with Crippen LogP contribution in [0.5, 0.6) is 0 Å². The minimum Gasteiger partial charge on any atom is -0.391 e. The van der Waals surface area contributed by atoms with E-state index in [1.807, 2.05) is 0 Å². The molecule has 0 aromatic carbocycles. The van der Waals surface area contributed by atoms with E-state index in [0.717, 1.165) is 12.8 Å². The van der Waals surface area contributed by atoms with Gasteiger partial charge in [0, 0.05) is 0 Å². The number of rotatable bonds is 2. The van der Waals surface area contributed by atoms with Crippen molar-refractivity contribution in [3.05, 3.63) is 0 Å². The average Bonchev–Trinajstić information content (AvgIpc) is 2.31. The van der Waals surface area contributed by atoms with Gasteiger partial charge in [-0.05, 0) is 31.1 Å². The molecule has 0 heterocycles. The monoisotopic (exact) mass is 248 g/mol. The van der Waals surface area contributed by atoms with E-state index in [2.05, 4.69) is 0 Å². The molecule has 3 heteroatoms. The molecule has 16 heavy (non-hydrogen) atoms. The number of alkyl halides is 2. The van der Waals surface area contributed by atoms with E-state index in [9.17, 15) is 9.50 Å². The third-order valence-electron chi connectivity index (χ3n) is 4.32. The molecule has 0 aromatic heterocycles. The molecule has 0 saturated heterocycles. The summed E-state index contributed by atoms with van der Waals surface area (Å²) in [5.41, 5.74) is 0. The van der Waals surface area contributed by atoms with Crippen molar-refractivity contribution in [1.82, 2.24) is 0 Å². The van der Waals surface area contributed by atoms with E-state index in [-0.39, 0.29) is 5.92 Å². The van der Waals surface area contributed by atoms with E-state index < -0.39 is 17.7 Å². The highest BCUT2D eigenvalue weighted by atomic mass is 35.5. The van der Waals surface area contributed by atoms with Crippen LogP contribution in [0.15, 0.2) is 0 Å². The standard InChI is InChI=1S/C13H22ClFO/c14-12-11(16)7-6-10(13(12)15)8-9-4-2-1-3-5-9/h9-13,16H,1-8H2. The molecule has 2 aliphatic rings. The summed E-state index contributed by atoms with van der Waals surface area (Å²) in [6.07, 6.45) is 7.30. The number of hydrogen-bond acceptors (Lipinski definition) is 1. The van der Waals surface area contributed by atoms with Crippen LogP contribution in [0.4, 0.5) is 4.39 Å². The van der Waals surface area contributed by atoms with Gasteiger partial charge >= 0.3 is 0 Å². The second-order valence-electron chi connectivity index (χ2n) is 5.53. The summed E-state index contributed by atoms with van der Waals surface area (Å²) in [5.74, 6) is 0.796. The Hall–Kier alpha value is 0.180. The first-order valence-corrected chi connectivity index (χ1v) is 7.08. The highest BCUT2D eigenvalue weighted by Crippen LogP contribution is 2.38. The maximum atomic E-state index is 14.0. The van der Waals surface area contributed by atoms with Crippen molar-refractivity contribution >= 4 is 11.6 Å². The molecule has 1 nitrogen and oxygen atoms in total. The highest BCUT2D eigenvalue weighted by Gasteiger charge is 2.38. The summed E-state index contributed by atoms with van der Waals surface area (Å²) in [6, 6.07) is 0. The first-order chi connectivity index (χ1) is 7.68. The van der Waals surface area contributed by atoms with Gasteiger partial charge < -0.3 is 5.11 Å². The first kappa shape index (κ1) is 12.6. The van der Waals surface area contributed by atoms with Gasteiger partial charge in [0.05, 0.1) is 11.5 Å². The summed E-state index contributed by atoms with van der Waals surface area (Å²) in [6.45, 7) is 0. The molecule has 0 bridgehead atoms. The lowest BCUT2D eigenvalue weighted by Crippen LogP contribution is -2.41. The maximum absolute atomic E-state index is 14.0. The van der Waals surface area contributed by atoms with Crippen LogP contribution in [0, 0.1) is 11.8 Å². The Morgan fingerprint density at radius 2 is 1.75 bits per heavy atom. The fourth-order valence-corrected chi connectivity index (χ4v) is 3.61. The zero-order valence-electron chi connectivity index (χ0n) is 9.75. The molecular formula is C13H22ClFO. The molecule has 2 saturated carbocycles. The van der Waals surface area contributed by atoms with Crippen LogP contribution in [0.2, 0.25) is 0 Å². The SMILES string of the molecule is OC1CCC(CC2CCCCC2)C(F)C1Cl. The third kappa shape index (κ3) is 2.89. The van der Waals surface area contributed by atoms with E-state index in [1.54, 1.807) is 0 Å². The molecule has 94 valence electrons. The number of aliphatic hydroxyl groups excluding tert-OH is 1. The summed E-state index contributed by atoms with van der Waals surface area (Å²) >= 11 is 5.90. The molecule has 0 spiro atoms. The first-order valence-electron chi connectivity index (χ1n) is 6.64. The van der Waals surface area contributed by atoms with Crippen molar-refractivity contribution < 1.29 is 9.50 Å². The van der Waals surface area contributed by atoms with E-state index in [0.29, 0.717) is 12.3 Å². The molecule has 2 aliphatic carbocycles. The second-order valence-corrected chi connectivity index (χ2v) is 6.04.